The summed E-state index contributed by atoms with van der Waals surface area (Å²) in [6, 6.07) is 0. The fourth-order valence-electron chi connectivity index (χ4n) is 6.53. The largest absolute Gasteiger partial charge is 0.462 e. The zero-order valence-electron chi connectivity index (χ0n) is 30.3. The van der Waals surface area contributed by atoms with Crippen LogP contribution < -0.4 is 0 Å². The number of unbranched alkanes of at least 4 members (excludes halogenated alkanes) is 15. The number of ether oxygens (including phenoxy) is 3. The molecular weight excluding hydrogens is 564 g/mol. The van der Waals surface area contributed by atoms with Crippen LogP contribution in [0.4, 0.5) is 0 Å². The van der Waals surface area contributed by atoms with Crippen LogP contribution in [-0.4, -0.2) is 35.2 Å². The van der Waals surface area contributed by atoms with Gasteiger partial charge in [-0.05, 0) is 78.1 Å². The molecule has 0 amide bonds. The number of carbonyl (C=O) groups is 3. The summed E-state index contributed by atoms with van der Waals surface area (Å²) in [5.41, 5.74) is -0.275. The molecule has 0 aliphatic carbocycles. The highest BCUT2D eigenvalue weighted by atomic mass is 16.6. The molecule has 0 aromatic heterocycles. The minimum Gasteiger partial charge on any atom is -0.462 e. The molecule has 3 heterocycles. The average molecular weight is 637 g/mol. The van der Waals surface area contributed by atoms with Gasteiger partial charge in [-0.1, -0.05) is 117 Å². The van der Waals surface area contributed by atoms with Crippen LogP contribution in [0.15, 0.2) is 0 Å². The van der Waals surface area contributed by atoms with Gasteiger partial charge in [0.05, 0.1) is 0 Å². The molecule has 3 rings (SSSR count). The van der Waals surface area contributed by atoms with Crippen LogP contribution in [0.1, 0.15) is 214 Å². The van der Waals surface area contributed by atoms with Crippen molar-refractivity contribution in [2.45, 2.75) is 232 Å². The quantitative estimate of drug-likeness (QED) is 0.0708. The van der Waals surface area contributed by atoms with Gasteiger partial charge in [0.2, 0.25) is 0 Å². The van der Waals surface area contributed by atoms with Crippen molar-refractivity contribution in [3.8, 4) is 0 Å². The molecule has 0 saturated carbocycles. The summed E-state index contributed by atoms with van der Waals surface area (Å²) in [5, 5.41) is 0. The summed E-state index contributed by atoms with van der Waals surface area (Å²) >= 11 is 0. The maximum absolute atomic E-state index is 11.0. The molecule has 0 bridgehead atoms. The Balaban J connectivity index is 0.000000338. The van der Waals surface area contributed by atoms with Gasteiger partial charge >= 0.3 is 17.9 Å². The molecule has 6 nitrogen and oxygen atoms in total. The molecule has 3 aliphatic rings. The zero-order chi connectivity index (χ0) is 33.2. The lowest BCUT2D eigenvalue weighted by atomic mass is 9.95. The topological polar surface area (TPSA) is 78.9 Å². The third-order valence-corrected chi connectivity index (χ3v) is 9.64. The Morgan fingerprint density at radius 2 is 0.933 bits per heavy atom. The highest BCUT2D eigenvalue weighted by molar-refractivity contribution is 5.72. The number of cyclic esters (lactones) is 3. The van der Waals surface area contributed by atoms with Crippen LogP contribution in [0.5, 0.6) is 0 Å². The smallest absolute Gasteiger partial charge is 0.306 e. The van der Waals surface area contributed by atoms with Gasteiger partial charge in [0.15, 0.2) is 0 Å². The standard InChI is InChI=1S/C14H26O2.C13H24O2.C12H22O2/c1-3-4-5-6-7-8-9-11-14(2)12-10-13(15)16-14;1-3-4-5-6-7-8-10-13(2)11-9-12(14)15-13;1-2-3-4-5-6-8-11-9-7-10-12(13)14-11/h3-12H2,1-2H3;3-11H2,1-2H3;11H,2-10H2,1H3. The van der Waals surface area contributed by atoms with Gasteiger partial charge in [-0.15, -0.1) is 0 Å². The molecule has 3 unspecified atom stereocenters. The van der Waals surface area contributed by atoms with E-state index in [0.29, 0.717) is 19.3 Å². The summed E-state index contributed by atoms with van der Waals surface area (Å²) in [7, 11) is 0. The minimum atomic E-state index is -0.138. The van der Waals surface area contributed by atoms with Crippen molar-refractivity contribution in [1.82, 2.24) is 0 Å². The van der Waals surface area contributed by atoms with Crippen molar-refractivity contribution >= 4 is 17.9 Å². The van der Waals surface area contributed by atoms with Gasteiger partial charge in [-0.25, -0.2) is 0 Å². The first-order valence-electron chi connectivity index (χ1n) is 19.3. The summed E-state index contributed by atoms with van der Waals surface area (Å²) in [4.78, 5) is 33.0. The Bertz CT molecular complexity index is 781. The maximum Gasteiger partial charge on any atom is 0.306 e. The molecule has 0 radical (unpaired) electrons. The normalized spacial score (nSPS) is 24.2. The second-order valence-corrected chi connectivity index (χ2v) is 14.4. The molecule has 0 aromatic rings. The fraction of sp³-hybridized carbons (Fsp3) is 0.923. The van der Waals surface area contributed by atoms with E-state index in [0.717, 1.165) is 44.9 Å². The summed E-state index contributed by atoms with van der Waals surface area (Å²) < 4.78 is 15.9. The highest BCUT2D eigenvalue weighted by Gasteiger charge is 2.35. The number of esters is 3. The predicted octanol–water partition coefficient (Wildman–Crippen LogP) is 11.5. The molecule has 3 atom stereocenters. The van der Waals surface area contributed by atoms with E-state index in [1.807, 2.05) is 0 Å². The number of rotatable bonds is 21. The molecule has 0 aromatic carbocycles. The molecule has 3 aliphatic heterocycles. The summed E-state index contributed by atoms with van der Waals surface area (Å²) in [5.74, 6) is -0.0104. The summed E-state index contributed by atoms with van der Waals surface area (Å²) in [6.07, 6.45) is 32.8. The summed E-state index contributed by atoms with van der Waals surface area (Å²) in [6.45, 7) is 10.9. The second kappa shape index (κ2) is 25.5. The fourth-order valence-corrected chi connectivity index (χ4v) is 6.53. The molecule has 3 fully saturated rings. The molecule has 45 heavy (non-hydrogen) atoms. The Kier molecular flexibility index (Phi) is 23.5. The number of hydrogen-bond donors (Lipinski definition) is 0. The molecule has 3 saturated heterocycles. The van der Waals surface area contributed by atoms with Crippen LogP contribution in [-0.2, 0) is 28.6 Å². The molecule has 6 heteroatoms. The first kappa shape index (κ1) is 41.4. The monoisotopic (exact) mass is 637 g/mol. The minimum absolute atomic E-state index is 0.00885. The third-order valence-electron chi connectivity index (χ3n) is 9.64. The first-order valence-corrected chi connectivity index (χ1v) is 19.3. The lowest BCUT2D eigenvalue weighted by Crippen LogP contribution is -2.23. The molecular formula is C39H72O6. The van der Waals surface area contributed by atoms with Crippen molar-refractivity contribution < 1.29 is 28.6 Å². The van der Waals surface area contributed by atoms with Gasteiger partial charge in [0, 0.05) is 19.3 Å². The van der Waals surface area contributed by atoms with E-state index in [4.69, 9.17) is 14.2 Å². The number of carbonyl (C=O) groups excluding carboxylic acids is 3. The van der Waals surface area contributed by atoms with Crippen LogP contribution >= 0.6 is 0 Å². The zero-order valence-corrected chi connectivity index (χ0v) is 30.3. The van der Waals surface area contributed by atoms with Crippen molar-refractivity contribution in [3.05, 3.63) is 0 Å². The Labute approximate surface area is 277 Å². The molecule has 0 N–H and O–H groups in total. The van der Waals surface area contributed by atoms with E-state index in [1.54, 1.807) is 0 Å². The van der Waals surface area contributed by atoms with Gasteiger partial charge in [0.25, 0.3) is 0 Å². The lowest BCUT2D eigenvalue weighted by molar-refractivity contribution is -0.154. The van der Waals surface area contributed by atoms with Crippen LogP contribution in [0, 0.1) is 0 Å². The second-order valence-electron chi connectivity index (χ2n) is 14.4. The van der Waals surface area contributed by atoms with E-state index in [-0.39, 0.29) is 35.2 Å². The van der Waals surface area contributed by atoms with E-state index >= 15 is 0 Å². The van der Waals surface area contributed by atoms with E-state index in [2.05, 4.69) is 34.6 Å². The van der Waals surface area contributed by atoms with Gasteiger partial charge in [0.1, 0.15) is 17.3 Å². The van der Waals surface area contributed by atoms with Gasteiger partial charge < -0.3 is 14.2 Å². The Hall–Kier alpha value is -1.59. The Morgan fingerprint density at radius 3 is 1.31 bits per heavy atom. The third kappa shape index (κ3) is 21.8. The molecule has 264 valence electrons. The van der Waals surface area contributed by atoms with Crippen LogP contribution in [0.3, 0.4) is 0 Å². The average Bonchev–Trinajstić information content (AvgIpc) is 3.54. The van der Waals surface area contributed by atoms with E-state index < -0.39 is 0 Å². The van der Waals surface area contributed by atoms with Crippen LogP contribution in [0.2, 0.25) is 0 Å². The molecule has 0 spiro atoms. The maximum atomic E-state index is 11.0. The van der Waals surface area contributed by atoms with Crippen molar-refractivity contribution in [1.29, 1.82) is 0 Å². The Morgan fingerprint density at radius 1 is 0.533 bits per heavy atom. The van der Waals surface area contributed by atoms with Crippen molar-refractivity contribution in [3.63, 3.8) is 0 Å². The predicted molar refractivity (Wildman–Crippen MR) is 185 cm³/mol. The van der Waals surface area contributed by atoms with Crippen molar-refractivity contribution in [2.75, 3.05) is 0 Å². The number of hydrogen-bond acceptors (Lipinski definition) is 6. The van der Waals surface area contributed by atoms with Crippen molar-refractivity contribution in [2.24, 2.45) is 0 Å². The van der Waals surface area contributed by atoms with Gasteiger partial charge in [-0.2, -0.15) is 0 Å². The SMILES string of the molecule is CCCCCCCC1CCCC(=O)O1.CCCCCCCCC1(C)CCC(=O)O1.CCCCCCCCCC1(C)CCC(=O)O1. The first-order chi connectivity index (χ1) is 21.6. The highest BCUT2D eigenvalue weighted by Crippen LogP contribution is 2.32. The van der Waals surface area contributed by atoms with E-state index in [9.17, 15) is 14.4 Å². The van der Waals surface area contributed by atoms with Gasteiger partial charge in [-0.3, -0.25) is 14.4 Å². The van der Waals surface area contributed by atoms with Crippen LogP contribution in [0.25, 0.3) is 0 Å². The van der Waals surface area contributed by atoms with E-state index in [1.165, 1.54) is 116 Å². The lowest BCUT2D eigenvalue weighted by Gasteiger charge is -2.22.